The molecule has 0 saturated heterocycles. The Hall–Kier alpha value is -0.610. The van der Waals surface area contributed by atoms with Crippen LogP contribution in [0.2, 0.25) is 0 Å². The van der Waals surface area contributed by atoms with Gasteiger partial charge in [0.25, 0.3) is 0 Å². The molecule has 0 saturated carbocycles. The molecule has 0 aromatic carbocycles. The smallest absolute Gasteiger partial charge is 0.216 e. The summed E-state index contributed by atoms with van der Waals surface area (Å²) in [6.45, 7) is 2.28. The van der Waals surface area contributed by atoms with Gasteiger partial charge < -0.3 is 10.2 Å². The number of carbonyl (C=O) groups is 1. The summed E-state index contributed by atoms with van der Waals surface area (Å²) >= 11 is 0. The molecular weight excluding hydrogens is 108 g/mol. The maximum atomic E-state index is 10.1. The average molecular weight is 118 g/mol. The van der Waals surface area contributed by atoms with Crippen LogP contribution in [-0.2, 0) is 9.63 Å². The van der Waals surface area contributed by atoms with Gasteiger partial charge in [-0.1, -0.05) is 0 Å². The van der Waals surface area contributed by atoms with Crippen molar-refractivity contribution in [3.05, 3.63) is 0 Å². The lowest BCUT2D eigenvalue weighted by Crippen LogP contribution is -2.25. The number of hydrogen-bond acceptors (Lipinski definition) is 3. The van der Waals surface area contributed by atoms with E-state index in [0.29, 0.717) is 13.2 Å². The highest BCUT2D eigenvalue weighted by atomic mass is 16.6. The lowest BCUT2D eigenvalue weighted by atomic mass is 10.6. The Morgan fingerprint density at radius 3 is 2.88 bits per heavy atom. The summed E-state index contributed by atoms with van der Waals surface area (Å²) in [6.07, 6.45) is 0. The van der Waals surface area contributed by atoms with E-state index in [0.717, 1.165) is 0 Å². The molecule has 3 N–H and O–H groups in total. The zero-order valence-electron chi connectivity index (χ0n) is 4.81. The predicted octanol–water partition coefficient (Wildman–Crippen LogP) is -0.987. The van der Waals surface area contributed by atoms with Crippen molar-refractivity contribution < 1.29 is 9.63 Å². The van der Waals surface area contributed by atoms with Crippen LogP contribution in [0.15, 0.2) is 0 Å². The molecule has 8 heavy (non-hydrogen) atoms. The van der Waals surface area contributed by atoms with Crippen LogP contribution >= 0.6 is 0 Å². The van der Waals surface area contributed by atoms with Gasteiger partial charge in [-0.15, -0.1) is 0 Å². The SMILES string of the molecule is CC(=O)NCCON. The summed E-state index contributed by atoms with van der Waals surface area (Å²) in [4.78, 5) is 14.3. The van der Waals surface area contributed by atoms with E-state index in [9.17, 15) is 4.79 Å². The summed E-state index contributed by atoms with van der Waals surface area (Å²) in [5, 5.41) is 2.50. The van der Waals surface area contributed by atoms with E-state index >= 15 is 0 Å². The summed E-state index contributed by atoms with van der Waals surface area (Å²) in [5.41, 5.74) is 0. The highest BCUT2D eigenvalue weighted by Crippen LogP contribution is 1.60. The van der Waals surface area contributed by atoms with Gasteiger partial charge in [0.15, 0.2) is 0 Å². The Morgan fingerprint density at radius 1 is 1.88 bits per heavy atom. The van der Waals surface area contributed by atoms with Crippen LogP contribution < -0.4 is 11.2 Å². The van der Waals surface area contributed by atoms with E-state index in [4.69, 9.17) is 0 Å². The number of nitrogens with two attached hydrogens (primary N) is 1. The van der Waals surface area contributed by atoms with Crippen molar-refractivity contribution in [2.45, 2.75) is 6.92 Å². The first-order chi connectivity index (χ1) is 3.77. The van der Waals surface area contributed by atoms with Gasteiger partial charge in [0.2, 0.25) is 5.91 Å². The van der Waals surface area contributed by atoms with Crippen LogP contribution in [0.3, 0.4) is 0 Å². The molecular formula is C4H10N2O2. The second kappa shape index (κ2) is 4.55. The van der Waals surface area contributed by atoms with E-state index in [1.165, 1.54) is 6.92 Å². The monoisotopic (exact) mass is 118 g/mol. The quantitative estimate of drug-likeness (QED) is 0.369. The fourth-order valence-corrected chi connectivity index (χ4v) is 0.286. The van der Waals surface area contributed by atoms with Crippen molar-refractivity contribution in [3.63, 3.8) is 0 Å². The van der Waals surface area contributed by atoms with Crippen molar-refractivity contribution in [2.75, 3.05) is 13.2 Å². The zero-order chi connectivity index (χ0) is 6.41. The molecule has 0 aliphatic carbocycles. The van der Waals surface area contributed by atoms with E-state index < -0.39 is 0 Å². The normalized spacial score (nSPS) is 8.75. The summed E-state index contributed by atoms with van der Waals surface area (Å²) in [6, 6.07) is 0. The Kier molecular flexibility index (Phi) is 4.20. The van der Waals surface area contributed by atoms with Crippen molar-refractivity contribution in [2.24, 2.45) is 5.90 Å². The molecule has 0 aliphatic heterocycles. The van der Waals surface area contributed by atoms with Gasteiger partial charge in [-0.2, -0.15) is 0 Å². The van der Waals surface area contributed by atoms with Gasteiger partial charge >= 0.3 is 0 Å². The lowest BCUT2D eigenvalue weighted by molar-refractivity contribution is -0.119. The molecule has 0 aromatic rings. The van der Waals surface area contributed by atoms with E-state index in [-0.39, 0.29) is 5.91 Å². The van der Waals surface area contributed by atoms with Crippen molar-refractivity contribution in [1.29, 1.82) is 0 Å². The first-order valence-corrected chi connectivity index (χ1v) is 2.33. The Bertz CT molecular complexity index is 74.4. The van der Waals surface area contributed by atoms with Crippen LogP contribution in [0.25, 0.3) is 0 Å². The maximum Gasteiger partial charge on any atom is 0.216 e. The van der Waals surface area contributed by atoms with Gasteiger partial charge in [0, 0.05) is 13.5 Å². The number of rotatable bonds is 3. The van der Waals surface area contributed by atoms with Crippen LogP contribution in [-0.4, -0.2) is 19.1 Å². The largest absolute Gasteiger partial charge is 0.354 e. The van der Waals surface area contributed by atoms with Gasteiger partial charge in [-0.3, -0.25) is 4.79 Å². The highest BCUT2D eigenvalue weighted by molar-refractivity contribution is 5.72. The van der Waals surface area contributed by atoms with Crippen molar-refractivity contribution in [3.8, 4) is 0 Å². The molecule has 4 nitrogen and oxygen atoms in total. The second-order valence-corrected chi connectivity index (χ2v) is 1.35. The van der Waals surface area contributed by atoms with Crippen LogP contribution in [0.5, 0.6) is 0 Å². The Morgan fingerprint density at radius 2 is 2.50 bits per heavy atom. The molecule has 0 heterocycles. The van der Waals surface area contributed by atoms with E-state index in [1.54, 1.807) is 0 Å². The molecule has 0 bridgehead atoms. The Balaban J connectivity index is 2.82. The molecule has 0 rings (SSSR count). The van der Waals surface area contributed by atoms with Crippen LogP contribution in [0.4, 0.5) is 0 Å². The fourth-order valence-electron chi connectivity index (χ4n) is 0.286. The third-order valence-electron chi connectivity index (χ3n) is 0.594. The molecule has 48 valence electrons. The minimum atomic E-state index is -0.0675. The predicted molar refractivity (Wildman–Crippen MR) is 28.8 cm³/mol. The first-order valence-electron chi connectivity index (χ1n) is 2.33. The first kappa shape index (κ1) is 7.39. The molecule has 0 aromatic heterocycles. The van der Waals surface area contributed by atoms with Gasteiger partial charge in [0.1, 0.15) is 0 Å². The zero-order valence-corrected chi connectivity index (χ0v) is 4.81. The number of hydrogen-bond donors (Lipinski definition) is 2. The van der Waals surface area contributed by atoms with Gasteiger partial charge in [-0.05, 0) is 0 Å². The summed E-state index contributed by atoms with van der Waals surface area (Å²) in [5.74, 6) is 4.60. The summed E-state index contributed by atoms with van der Waals surface area (Å²) in [7, 11) is 0. The van der Waals surface area contributed by atoms with Crippen molar-refractivity contribution >= 4 is 5.91 Å². The molecule has 0 spiro atoms. The molecule has 0 atom stereocenters. The van der Waals surface area contributed by atoms with Crippen LogP contribution in [0.1, 0.15) is 6.92 Å². The third-order valence-corrected chi connectivity index (χ3v) is 0.594. The van der Waals surface area contributed by atoms with Gasteiger partial charge in [-0.25, -0.2) is 5.90 Å². The number of amides is 1. The maximum absolute atomic E-state index is 10.1. The second-order valence-electron chi connectivity index (χ2n) is 1.35. The van der Waals surface area contributed by atoms with Crippen molar-refractivity contribution in [1.82, 2.24) is 5.32 Å². The summed E-state index contributed by atoms with van der Waals surface area (Å²) < 4.78 is 0. The lowest BCUT2D eigenvalue weighted by Gasteiger charge is -1.96. The number of nitrogens with one attached hydrogen (secondary N) is 1. The van der Waals surface area contributed by atoms with E-state index in [2.05, 4.69) is 16.1 Å². The topological polar surface area (TPSA) is 64.3 Å². The third kappa shape index (κ3) is 5.39. The van der Waals surface area contributed by atoms with Crippen LogP contribution in [0, 0.1) is 0 Å². The highest BCUT2D eigenvalue weighted by Gasteiger charge is 1.86. The molecule has 4 heteroatoms. The van der Waals surface area contributed by atoms with E-state index in [1.807, 2.05) is 0 Å². The molecule has 0 aliphatic rings. The standard InChI is InChI=1S/C4H10N2O2/c1-4(7)6-2-3-8-5/h2-3,5H2,1H3,(H,6,7). The minimum absolute atomic E-state index is 0.0675. The molecule has 1 amide bonds. The fraction of sp³-hybridized carbons (Fsp3) is 0.750. The van der Waals surface area contributed by atoms with Gasteiger partial charge in [0.05, 0.1) is 6.61 Å². The number of carbonyl (C=O) groups excluding carboxylic acids is 1. The molecule has 0 radical (unpaired) electrons. The molecule has 0 unspecified atom stereocenters. The Labute approximate surface area is 48.0 Å². The average Bonchev–Trinajstić information content (AvgIpc) is 1.66. The minimum Gasteiger partial charge on any atom is -0.354 e. The molecule has 0 fully saturated rings.